The maximum absolute atomic E-state index is 10.9. The molecule has 0 aliphatic heterocycles. The fourth-order valence-corrected chi connectivity index (χ4v) is 1.94. The predicted molar refractivity (Wildman–Crippen MR) is 49.6 cm³/mol. The number of amides is 1. The van der Waals surface area contributed by atoms with Gasteiger partial charge in [0, 0.05) is 5.92 Å². The molecule has 2 nitrogen and oxygen atoms in total. The van der Waals surface area contributed by atoms with Crippen LogP contribution in [0.4, 0.5) is 0 Å². The molecule has 0 bridgehead atoms. The maximum Gasteiger partial charge on any atom is 0.220 e. The molecule has 1 amide bonds. The number of rotatable bonds is 1. The van der Waals surface area contributed by atoms with E-state index in [-0.39, 0.29) is 11.8 Å². The molecule has 1 rings (SSSR count). The predicted octanol–water partition coefficient (Wildman–Crippen LogP) is 2.08. The summed E-state index contributed by atoms with van der Waals surface area (Å²) in [6.07, 6.45) is 6.97. The molecule has 1 aliphatic carbocycles. The van der Waals surface area contributed by atoms with Gasteiger partial charge < -0.3 is 5.73 Å². The van der Waals surface area contributed by atoms with E-state index in [9.17, 15) is 4.79 Å². The van der Waals surface area contributed by atoms with Crippen LogP contribution >= 0.6 is 0 Å². The Labute approximate surface area is 74.5 Å². The zero-order valence-corrected chi connectivity index (χ0v) is 7.88. The van der Waals surface area contributed by atoms with Crippen molar-refractivity contribution in [3.8, 4) is 0 Å². The van der Waals surface area contributed by atoms with E-state index in [0.717, 1.165) is 18.8 Å². The van der Waals surface area contributed by atoms with Crippen LogP contribution in [0.15, 0.2) is 0 Å². The Bertz CT molecular complexity index is 156. The first-order valence-corrected chi connectivity index (χ1v) is 4.99. The Kier molecular flexibility index (Phi) is 3.57. The minimum absolute atomic E-state index is 0.0934. The Hall–Kier alpha value is -0.530. The third-order valence-electron chi connectivity index (χ3n) is 2.91. The lowest BCUT2D eigenvalue weighted by molar-refractivity contribution is -0.122. The molecule has 2 atom stereocenters. The van der Waals surface area contributed by atoms with E-state index in [2.05, 4.69) is 6.92 Å². The van der Waals surface area contributed by atoms with Gasteiger partial charge in [-0.2, -0.15) is 0 Å². The molecule has 2 heteroatoms. The summed E-state index contributed by atoms with van der Waals surface area (Å²) in [5, 5.41) is 0. The van der Waals surface area contributed by atoms with Gasteiger partial charge in [-0.05, 0) is 25.2 Å². The molecule has 2 N–H and O–H groups in total. The lowest BCUT2D eigenvalue weighted by atomic mass is 9.86. The highest BCUT2D eigenvalue weighted by atomic mass is 16.1. The summed E-state index contributed by atoms with van der Waals surface area (Å²) in [6, 6.07) is 0. The minimum Gasteiger partial charge on any atom is -0.369 e. The van der Waals surface area contributed by atoms with Crippen LogP contribution < -0.4 is 5.73 Å². The van der Waals surface area contributed by atoms with Crippen molar-refractivity contribution in [2.45, 2.75) is 45.4 Å². The first-order chi connectivity index (χ1) is 5.70. The van der Waals surface area contributed by atoms with E-state index in [1.807, 2.05) is 0 Å². The molecule has 1 saturated carbocycles. The van der Waals surface area contributed by atoms with Gasteiger partial charge in [0.1, 0.15) is 0 Å². The fourth-order valence-electron chi connectivity index (χ4n) is 1.94. The molecular weight excluding hydrogens is 150 g/mol. The second kappa shape index (κ2) is 4.48. The normalized spacial score (nSPS) is 32.1. The van der Waals surface area contributed by atoms with Gasteiger partial charge in [0.15, 0.2) is 0 Å². The summed E-state index contributed by atoms with van der Waals surface area (Å²) < 4.78 is 0. The number of primary amides is 1. The standard InChI is InChI=1S/C10H19NO/c1-8-4-2-3-5-9(7-6-8)10(11)12/h8-9H,2-7H2,1H3,(H2,11,12). The number of hydrogen-bond acceptors (Lipinski definition) is 1. The van der Waals surface area contributed by atoms with Gasteiger partial charge in [-0.25, -0.2) is 0 Å². The van der Waals surface area contributed by atoms with E-state index in [4.69, 9.17) is 5.73 Å². The van der Waals surface area contributed by atoms with Gasteiger partial charge in [0.25, 0.3) is 0 Å². The van der Waals surface area contributed by atoms with Gasteiger partial charge in [0.2, 0.25) is 5.91 Å². The summed E-state index contributed by atoms with van der Waals surface area (Å²) in [4.78, 5) is 10.9. The number of hydrogen-bond donors (Lipinski definition) is 1. The van der Waals surface area contributed by atoms with Gasteiger partial charge in [-0.1, -0.05) is 26.2 Å². The van der Waals surface area contributed by atoms with Crippen LogP contribution in [0, 0.1) is 11.8 Å². The zero-order valence-electron chi connectivity index (χ0n) is 7.88. The number of carbonyl (C=O) groups excluding carboxylic acids is 1. The van der Waals surface area contributed by atoms with E-state index in [1.54, 1.807) is 0 Å². The third kappa shape index (κ3) is 2.84. The smallest absolute Gasteiger partial charge is 0.220 e. The first-order valence-electron chi connectivity index (χ1n) is 4.99. The fraction of sp³-hybridized carbons (Fsp3) is 0.900. The molecule has 0 radical (unpaired) electrons. The van der Waals surface area contributed by atoms with Crippen LogP contribution in [-0.4, -0.2) is 5.91 Å². The Balaban J connectivity index is 2.39. The molecule has 12 heavy (non-hydrogen) atoms. The second-order valence-electron chi connectivity index (χ2n) is 4.07. The van der Waals surface area contributed by atoms with Crippen LogP contribution in [0.25, 0.3) is 0 Å². The van der Waals surface area contributed by atoms with Crippen molar-refractivity contribution in [2.75, 3.05) is 0 Å². The van der Waals surface area contributed by atoms with Crippen LogP contribution in [0.5, 0.6) is 0 Å². The van der Waals surface area contributed by atoms with E-state index < -0.39 is 0 Å². The first kappa shape index (κ1) is 9.56. The molecule has 0 aromatic rings. The van der Waals surface area contributed by atoms with Gasteiger partial charge in [-0.15, -0.1) is 0 Å². The minimum atomic E-state index is -0.0934. The van der Waals surface area contributed by atoms with Crippen molar-refractivity contribution < 1.29 is 4.79 Å². The van der Waals surface area contributed by atoms with E-state index in [0.29, 0.717) is 0 Å². The molecule has 1 aliphatic rings. The summed E-state index contributed by atoms with van der Waals surface area (Å²) in [6.45, 7) is 2.27. The molecule has 1 fully saturated rings. The molecule has 70 valence electrons. The van der Waals surface area contributed by atoms with Crippen molar-refractivity contribution in [3.05, 3.63) is 0 Å². The van der Waals surface area contributed by atoms with Crippen LogP contribution in [-0.2, 0) is 4.79 Å². The van der Waals surface area contributed by atoms with Gasteiger partial charge >= 0.3 is 0 Å². The summed E-state index contributed by atoms with van der Waals surface area (Å²) >= 11 is 0. The largest absolute Gasteiger partial charge is 0.369 e. The van der Waals surface area contributed by atoms with Crippen molar-refractivity contribution in [3.63, 3.8) is 0 Å². The average Bonchev–Trinajstić information content (AvgIpc) is 1.97. The molecule has 0 aromatic heterocycles. The summed E-state index contributed by atoms with van der Waals surface area (Å²) in [7, 11) is 0. The third-order valence-corrected chi connectivity index (χ3v) is 2.91. The Morgan fingerprint density at radius 1 is 1.17 bits per heavy atom. The topological polar surface area (TPSA) is 43.1 Å². The highest BCUT2D eigenvalue weighted by molar-refractivity contribution is 5.76. The van der Waals surface area contributed by atoms with Crippen molar-refractivity contribution in [1.29, 1.82) is 0 Å². The van der Waals surface area contributed by atoms with Crippen molar-refractivity contribution >= 4 is 5.91 Å². The maximum atomic E-state index is 10.9. The van der Waals surface area contributed by atoms with Crippen LogP contribution in [0.2, 0.25) is 0 Å². The van der Waals surface area contributed by atoms with Gasteiger partial charge in [-0.3, -0.25) is 4.79 Å². The quantitative estimate of drug-likeness (QED) is 0.641. The highest BCUT2D eigenvalue weighted by Crippen LogP contribution is 2.25. The van der Waals surface area contributed by atoms with Crippen molar-refractivity contribution in [1.82, 2.24) is 0 Å². The summed E-state index contributed by atoms with van der Waals surface area (Å²) in [5.74, 6) is 0.851. The molecule has 0 saturated heterocycles. The molecule has 0 heterocycles. The summed E-state index contributed by atoms with van der Waals surface area (Å²) in [5.41, 5.74) is 5.29. The van der Waals surface area contributed by atoms with E-state index >= 15 is 0 Å². The van der Waals surface area contributed by atoms with Gasteiger partial charge in [0.05, 0.1) is 0 Å². The Morgan fingerprint density at radius 2 is 1.83 bits per heavy atom. The molecular formula is C10H19NO. The lowest BCUT2D eigenvalue weighted by Gasteiger charge is -2.20. The monoisotopic (exact) mass is 169 g/mol. The van der Waals surface area contributed by atoms with Crippen LogP contribution in [0.1, 0.15) is 45.4 Å². The molecule has 0 spiro atoms. The molecule has 0 aromatic carbocycles. The number of carbonyl (C=O) groups is 1. The second-order valence-corrected chi connectivity index (χ2v) is 4.07. The number of nitrogens with two attached hydrogens (primary N) is 1. The average molecular weight is 169 g/mol. The lowest BCUT2D eigenvalue weighted by Crippen LogP contribution is -2.24. The SMILES string of the molecule is CC1CCCCC(C(N)=O)CC1. The zero-order chi connectivity index (χ0) is 8.97. The van der Waals surface area contributed by atoms with Crippen LogP contribution in [0.3, 0.4) is 0 Å². The Morgan fingerprint density at radius 3 is 2.50 bits per heavy atom. The van der Waals surface area contributed by atoms with Crippen molar-refractivity contribution in [2.24, 2.45) is 17.6 Å². The molecule has 2 unspecified atom stereocenters. The highest BCUT2D eigenvalue weighted by Gasteiger charge is 2.18. The van der Waals surface area contributed by atoms with E-state index in [1.165, 1.54) is 25.7 Å².